The molecule has 1 saturated heterocycles. The first-order valence-electron chi connectivity index (χ1n) is 5.55. The first-order chi connectivity index (χ1) is 5.81. The molecule has 1 aliphatic heterocycles. The number of nitrogens with zero attached hydrogens (tertiary/aromatic N) is 1. The van der Waals surface area contributed by atoms with Gasteiger partial charge in [0, 0.05) is 19.1 Å². The average Bonchev–Trinajstić information content (AvgIpc) is 2.60. The van der Waals surface area contributed by atoms with Crippen LogP contribution >= 0.6 is 0 Å². The molecule has 0 bridgehead atoms. The maximum atomic E-state index is 2.70. The fraction of sp³-hybridized carbons (Fsp3) is 1.00. The lowest BCUT2D eigenvalue weighted by atomic mass is 10.0. The summed E-state index contributed by atoms with van der Waals surface area (Å²) in [5.74, 6) is 2.14. The van der Waals surface area contributed by atoms with E-state index in [1.807, 2.05) is 0 Å². The largest absolute Gasteiger partial charge is 0.300 e. The van der Waals surface area contributed by atoms with E-state index in [1.165, 1.54) is 38.8 Å². The summed E-state index contributed by atoms with van der Waals surface area (Å²) in [5.41, 5.74) is 0. The van der Waals surface area contributed by atoms with Crippen molar-refractivity contribution in [2.24, 2.45) is 11.8 Å². The summed E-state index contributed by atoms with van der Waals surface area (Å²) < 4.78 is 0. The summed E-state index contributed by atoms with van der Waals surface area (Å²) in [6, 6.07) is 0.829. The van der Waals surface area contributed by atoms with Crippen LogP contribution in [0.25, 0.3) is 0 Å². The van der Waals surface area contributed by atoms with E-state index in [4.69, 9.17) is 0 Å². The van der Waals surface area contributed by atoms with Gasteiger partial charge in [0.05, 0.1) is 0 Å². The Kier molecular flexibility index (Phi) is 2.40. The molecule has 1 saturated carbocycles. The van der Waals surface area contributed by atoms with Crippen LogP contribution in [0.15, 0.2) is 0 Å². The Balaban J connectivity index is 1.90. The molecule has 2 rings (SSSR count). The Hall–Kier alpha value is -0.0400. The van der Waals surface area contributed by atoms with Gasteiger partial charge in [0.2, 0.25) is 0 Å². The van der Waals surface area contributed by atoms with E-state index in [0.717, 1.165) is 17.9 Å². The van der Waals surface area contributed by atoms with Gasteiger partial charge < -0.3 is 4.90 Å². The highest BCUT2D eigenvalue weighted by Gasteiger charge is 2.36. The predicted octanol–water partition coefficient (Wildman–Crippen LogP) is 2.52. The fourth-order valence-corrected chi connectivity index (χ4v) is 2.89. The second-order valence-electron chi connectivity index (χ2n) is 4.66. The van der Waals surface area contributed by atoms with Crippen molar-refractivity contribution < 1.29 is 0 Å². The summed E-state index contributed by atoms with van der Waals surface area (Å²) >= 11 is 0. The highest BCUT2D eigenvalue weighted by Crippen LogP contribution is 2.38. The van der Waals surface area contributed by atoms with Gasteiger partial charge in [-0.2, -0.15) is 0 Å². The van der Waals surface area contributed by atoms with Crippen molar-refractivity contribution in [1.82, 2.24) is 4.90 Å². The number of hydrogen-bond donors (Lipinski definition) is 0. The minimum absolute atomic E-state index is 0.829. The fourth-order valence-electron chi connectivity index (χ4n) is 2.89. The van der Waals surface area contributed by atoms with Crippen LogP contribution in [0.5, 0.6) is 0 Å². The van der Waals surface area contributed by atoms with Gasteiger partial charge in [0.1, 0.15) is 0 Å². The highest BCUT2D eigenvalue weighted by molar-refractivity contribution is 4.89. The van der Waals surface area contributed by atoms with E-state index < -0.39 is 0 Å². The molecule has 0 amide bonds. The predicted molar refractivity (Wildman–Crippen MR) is 52.2 cm³/mol. The van der Waals surface area contributed by atoms with Crippen molar-refractivity contribution in [3.05, 3.63) is 0 Å². The molecule has 2 fully saturated rings. The smallest absolute Gasteiger partial charge is 0.00645 e. The molecule has 1 heterocycles. The lowest BCUT2D eigenvalue weighted by molar-refractivity contribution is 0.234. The average molecular weight is 167 g/mol. The third-order valence-electron chi connectivity index (χ3n) is 3.97. The third-order valence-corrected chi connectivity index (χ3v) is 3.97. The zero-order chi connectivity index (χ0) is 8.55. The molecule has 0 spiro atoms. The second kappa shape index (κ2) is 3.37. The summed E-state index contributed by atoms with van der Waals surface area (Å²) in [4.78, 5) is 2.70. The molecule has 1 nitrogen and oxygen atoms in total. The number of likely N-dealkylation sites (tertiary alicyclic amines) is 1. The number of rotatable bonds is 2. The molecule has 1 heteroatoms. The number of hydrogen-bond acceptors (Lipinski definition) is 1. The molecule has 0 aromatic carbocycles. The molecular formula is C11H21N. The van der Waals surface area contributed by atoms with Gasteiger partial charge >= 0.3 is 0 Å². The van der Waals surface area contributed by atoms with Gasteiger partial charge in [-0.1, -0.05) is 13.3 Å². The van der Waals surface area contributed by atoms with E-state index in [1.54, 1.807) is 0 Å². The van der Waals surface area contributed by atoms with Crippen molar-refractivity contribution in [2.45, 2.75) is 45.6 Å². The standard InChI is InChI=1S/C11H21N/c1-3-9(2)12-7-10-5-4-6-11(10)8-12/h9-11H,3-8H2,1-2H3/t9?,10-,11+. The Morgan fingerprint density at radius 2 is 1.83 bits per heavy atom. The summed E-state index contributed by atoms with van der Waals surface area (Å²) in [5, 5.41) is 0. The quantitative estimate of drug-likeness (QED) is 0.611. The monoisotopic (exact) mass is 167 g/mol. The summed E-state index contributed by atoms with van der Waals surface area (Å²) in [6.45, 7) is 7.49. The first-order valence-corrected chi connectivity index (χ1v) is 5.55. The molecule has 1 aliphatic carbocycles. The topological polar surface area (TPSA) is 3.24 Å². The molecule has 70 valence electrons. The molecule has 3 atom stereocenters. The Bertz CT molecular complexity index is 143. The normalized spacial score (nSPS) is 38.5. The molecule has 0 radical (unpaired) electrons. The van der Waals surface area contributed by atoms with Crippen LogP contribution in [0.3, 0.4) is 0 Å². The maximum absolute atomic E-state index is 2.70. The highest BCUT2D eigenvalue weighted by atomic mass is 15.2. The zero-order valence-electron chi connectivity index (χ0n) is 8.42. The molecule has 2 aliphatic rings. The Morgan fingerprint density at radius 1 is 1.25 bits per heavy atom. The van der Waals surface area contributed by atoms with Crippen LogP contribution in [-0.4, -0.2) is 24.0 Å². The van der Waals surface area contributed by atoms with Crippen molar-refractivity contribution in [2.75, 3.05) is 13.1 Å². The van der Waals surface area contributed by atoms with E-state index >= 15 is 0 Å². The second-order valence-corrected chi connectivity index (χ2v) is 4.66. The van der Waals surface area contributed by atoms with Gasteiger partial charge in [0.15, 0.2) is 0 Å². The van der Waals surface area contributed by atoms with Crippen LogP contribution in [0.4, 0.5) is 0 Å². The summed E-state index contributed by atoms with van der Waals surface area (Å²) in [6.07, 6.45) is 5.85. The van der Waals surface area contributed by atoms with Gasteiger partial charge in [0.25, 0.3) is 0 Å². The first kappa shape index (κ1) is 8.55. The van der Waals surface area contributed by atoms with Crippen molar-refractivity contribution >= 4 is 0 Å². The van der Waals surface area contributed by atoms with Crippen LogP contribution < -0.4 is 0 Å². The van der Waals surface area contributed by atoms with Gasteiger partial charge in [-0.25, -0.2) is 0 Å². The molecule has 0 N–H and O–H groups in total. The van der Waals surface area contributed by atoms with E-state index in [9.17, 15) is 0 Å². The SMILES string of the molecule is CCC(C)N1C[C@H]2CCC[C@H]2C1. The van der Waals surface area contributed by atoms with Gasteiger partial charge in [-0.3, -0.25) is 0 Å². The Morgan fingerprint density at radius 3 is 2.33 bits per heavy atom. The molecule has 0 aromatic heterocycles. The molecule has 0 aromatic rings. The molecular weight excluding hydrogens is 146 g/mol. The number of fused-ring (bicyclic) bond motifs is 1. The molecule has 1 unspecified atom stereocenters. The van der Waals surface area contributed by atoms with Crippen LogP contribution in [0.1, 0.15) is 39.5 Å². The van der Waals surface area contributed by atoms with E-state index in [2.05, 4.69) is 18.7 Å². The van der Waals surface area contributed by atoms with Crippen molar-refractivity contribution in [3.8, 4) is 0 Å². The maximum Gasteiger partial charge on any atom is 0.00645 e. The van der Waals surface area contributed by atoms with Gasteiger partial charge in [-0.05, 0) is 38.0 Å². The van der Waals surface area contributed by atoms with Crippen LogP contribution in [-0.2, 0) is 0 Å². The minimum atomic E-state index is 0.829. The lowest BCUT2D eigenvalue weighted by Crippen LogP contribution is -2.30. The van der Waals surface area contributed by atoms with E-state index in [-0.39, 0.29) is 0 Å². The zero-order valence-corrected chi connectivity index (χ0v) is 8.42. The third kappa shape index (κ3) is 1.39. The van der Waals surface area contributed by atoms with Crippen molar-refractivity contribution in [3.63, 3.8) is 0 Å². The lowest BCUT2D eigenvalue weighted by Gasteiger charge is -2.23. The van der Waals surface area contributed by atoms with Crippen molar-refractivity contribution in [1.29, 1.82) is 0 Å². The van der Waals surface area contributed by atoms with Crippen LogP contribution in [0.2, 0.25) is 0 Å². The molecule has 12 heavy (non-hydrogen) atoms. The minimum Gasteiger partial charge on any atom is -0.300 e. The van der Waals surface area contributed by atoms with Gasteiger partial charge in [-0.15, -0.1) is 0 Å². The Labute approximate surface area is 76.1 Å². The summed E-state index contributed by atoms with van der Waals surface area (Å²) in [7, 11) is 0. The van der Waals surface area contributed by atoms with E-state index in [0.29, 0.717) is 0 Å². The van der Waals surface area contributed by atoms with Crippen LogP contribution in [0, 0.1) is 11.8 Å².